The van der Waals surface area contributed by atoms with Crippen LogP contribution in [0.2, 0.25) is 0 Å². The Labute approximate surface area is 233 Å². The van der Waals surface area contributed by atoms with E-state index in [0.29, 0.717) is 5.56 Å². The molecule has 1 aromatic rings. The van der Waals surface area contributed by atoms with Crippen LogP contribution in [0.15, 0.2) is 18.2 Å². The van der Waals surface area contributed by atoms with Gasteiger partial charge in [-0.15, -0.1) is 0 Å². The maximum Gasteiger partial charge on any atom is 0.323 e. The highest BCUT2D eigenvalue weighted by molar-refractivity contribution is 5.78. The summed E-state index contributed by atoms with van der Waals surface area (Å²) in [7, 11) is 1.29. The average molecular weight is 550 g/mol. The molecular weight excluding hydrogens is 502 g/mol. The lowest BCUT2D eigenvalue weighted by molar-refractivity contribution is -0.148. The summed E-state index contributed by atoms with van der Waals surface area (Å²) in [6, 6.07) is 4.10. The van der Waals surface area contributed by atoms with Gasteiger partial charge in [0.15, 0.2) is 11.5 Å². The van der Waals surface area contributed by atoms with Crippen LogP contribution in [0.3, 0.4) is 0 Å². The summed E-state index contributed by atoms with van der Waals surface area (Å²) in [4.78, 5) is 49.6. The third-order valence-electron chi connectivity index (χ3n) is 5.59. The molecule has 1 unspecified atom stereocenters. The number of nitrogens with one attached hydrogen (secondary N) is 1. The van der Waals surface area contributed by atoms with E-state index in [0.717, 1.165) is 12.8 Å². The zero-order chi connectivity index (χ0) is 29.8. The van der Waals surface area contributed by atoms with Gasteiger partial charge in [0.2, 0.25) is 0 Å². The number of methoxy groups -OCH3 is 1. The van der Waals surface area contributed by atoms with Crippen LogP contribution >= 0.6 is 0 Å². The molecule has 9 heteroatoms. The van der Waals surface area contributed by atoms with Crippen LogP contribution in [-0.4, -0.2) is 50.2 Å². The molecule has 1 aromatic carbocycles. The molecular formula is C30H47NO8. The van der Waals surface area contributed by atoms with Crippen molar-refractivity contribution in [2.45, 2.75) is 93.5 Å². The molecule has 0 saturated heterocycles. The Bertz CT molecular complexity index is 974. The Morgan fingerprint density at radius 2 is 1.44 bits per heavy atom. The average Bonchev–Trinajstić information content (AvgIpc) is 2.79. The second kappa shape index (κ2) is 15.6. The van der Waals surface area contributed by atoms with E-state index < -0.39 is 23.9 Å². The monoisotopic (exact) mass is 549 g/mol. The molecule has 0 aliphatic carbocycles. The van der Waals surface area contributed by atoms with Crippen molar-refractivity contribution in [3.8, 4) is 11.5 Å². The first-order valence-electron chi connectivity index (χ1n) is 13.6. The molecule has 0 fully saturated rings. The zero-order valence-electron chi connectivity index (χ0n) is 25.1. The number of hydrogen-bond acceptors (Lipinski definition) is 9. The fraction of sp³-hybridized carbons (Fsp3) is 0.667. The number of esters is 4. The summed E-state index contributed by atoms with van der Waals surface area (Å²) in [6.45, 7) is 15.7. The van der Waals surface area contributed by atoms with E-state index in [1.165, 1.54) is 7.11 Å². The molecule has 220 valence electrons. The molecule has 2 atom stereocenters. The second-order valence-electron chi connectivity index (χ2n) is 12.3. The molecule has 0 spiro atoms. The van der Waals surface area contributed by atoms with Crippen molar-refractivity contribution in [2.75, 3.05) is 20.3 Å². The second-order valence-corrected chi connectivity index (χ2v) is 12.3. The normalized spacial score (nSPS) is 13.3. The van der Waals surface area contributed by atoms with Crippen LogP contribution in [0, 0.1) is 16.7 Å². The Morgan fingerprint density at radius 3 is 1.95 bits per heavy atom. The maximum atomic E-state index is 12.6. The van der Waals surface area contributed by atoms with Gasteiger partial charge >= 0.3 is 23.9 Å². The molecule has 0 bridgehead atoms. The van der Waals surface area contributed by atoms with Crippen LogP contribution in [-0.2, 0) is 35.1 Å². The molecule has 0 radical (unpaired) electrons. The maximum absolute atomic E-state index is 12.6. The van der Waals surface area contributed by atoms with Gasteiger partial charge < -0.3 is 24.3 Å². The molecule has 1 N–H and O–H groups in total. The third kappa shape index (κ3) is 14.1. The minimum absolute atomic E-state index is 0.103. The van der Waals surface area contributed by atoms with Crippen molar-refractivity contribution >= 4 is 23.9 Å². The number of hydrogen-bond donors (Lipinski definition) is 1. The van der Waals surface area contributed by atoms with Gasteiger partial charge in [0.1, 0.15) is 12.6 Å². The van der Waals surface area contributed by atoms with Gasteiger partial charge in [0.25, 0.3) is 0 Å². The first-order valence-corrected chi connectivity index (χ1v) is 13.6. The van der Waals surface area contributed by atoms with E-state index in [2.05, 4.69) is 5.32 Å². The van der Waals surface area contributed by atoms with Gasteiger partial charge in [-0.05, 0) is 41.4 Å². The summed E-state index contributed by atoms with van der Waals surface area (Å²) in [5, 5.41) is 3.06. The quantitative estimate of drug-likeness (QED) is 0.194. The first kappa shape index (κ1) is 34.1. The summed E-state index contributed by atoms with van der Waals surface area (Å²) >= 11 is 0. The SMILES string of the molecule is CCCC(C)C(=O)OCCN[C@@H](Cc1ccc(OC(=O)CC(C)(C)C)c(OC(=O)CC(C)(C)C)c1)C(=O)OC. The highest BCUT2D eigenvalue weighted by Gasteiger charge is 2.24. The Hall–Kier alpha value is -2.94. The van der Waals surface area contributed by atoms with Crippen LogP contribution in [0.1, 0.15) is 86.6 Å². The lowest BCUT2D eigenvalue weighted by atomic mass is 9.92. The van der Waals surface area contributed by atoms with Crippen molar-refractivity contribution in [2.24, 2.45) is 16.7 Å². The molecule has 9 nitrogen and oxygen atoms in total. The van der Waals surface area contributed by atoms with Gasteiger partial charge in [-0.1, -0.05) is 67.9 Å². The van der Waals surface area contributed by atoms with E-state index in [-0.39, 0.29) is 66.6 Å². The highest BCUT2D eigenvalue weighted by Crippen LogP contribution is 2.32. The Balaban J connectivity index is 3.05. The zero-order valence-corrected chi connectivity index (χ0v) is 25.1. The lowest BCUT2D eigenvalue weighted by Gasteiger charge is -2.20. The summed E-state index contributed by atoms with van der Waals surface area (Å²) in [5.41, 5.74) is 0.0813. The van der Waals surface area contributed by atoms with Crippen LogP contribution in [0.5, 0.6) is 11.5 Å². The van der Waals surface area contributed by atoms with Crippen molar-refractivity contribution in [3.05, 3.63) is 23.8 Å². The predicted molar refractivity (Wildman–Crippen MR) is 148 cm³/mol. The van der Waals surface area contributed by atoms with Crippen LogP contribution in [0.25, 0.3) is 0 Å². The van der Waals surface area contributed by atoms with Crippen molar-refractivity contribution in [1.29, 1.82) is 0 Å². The van der Waals surface area contributed by atoms with E-state index in [1.807, 2.05) is 55.4 Å². The Kier molecular flexibility index (Phi) is 13.6. The predicted octanol–water partition coefficient (Wildman–Crippen LogP) is 5.02. The fourth-order valence-corrected chi connectivity index (χ4v) is 3.72. The summed E-state index contributed by atoms with van der Waals surface area (Å²) in [6.07, 6.45) is 2.18. The third-order valence-corrected chi connectivity index (χ3v) is 5.59. The van der Waals surface area contributed by atoms with E-state index in [1.54, 1.807) is 18.2 Å². The molecule has 1 rings (SSSR count). The first-order chi connectivity index (χ1) is 18.0. The summed E-state index contributed by atoms with van der Waals surface area (Å²) in [5.74, 6) is -1.62. The molecule has 0 aliphatic heterocycles. The van der Waals surface area contributed by atoms with Crippen molar-refractivity contribution in [3.63, 3.8) is 0 Å². The Morgan fingerprint density at radius 1 is 0.872 bits per heavy atom. The summed E-state index contributed by atoms with van der Waals surface area (Å²) < 4.78 is 21.4. The molecule has 0 saturated carbocycles. The number of carbonyl (C=O) groups excluding carboxylic acids is 4. The van der Waals surface area contributed by atoms with Crippen molar-refractivity contribution < 1.29 is 38.1 Å². The molecule has 39 heavy (non-hydrogen) atoms. The smallest absolute Gasteiger partial charge is 0.323 e. The van der Waals surface area contributed by atoms with Crippen LogP contribution in [0.4, 0.5) is 0 Å². The van der Waals surface area contributed by atoms with E-state index in [4.69, 9.17) is 18.9 Å². The number of rotatable bonds is 14. The van der Waals surface area contributed by atoms with Gasteiger partial charge in [-0.3, -0.25) is 19.2 Å². The number of ether oxygens (including phenoxy) is 4. The highest BCUT2D eigenvalue weighted by atomic mass is 16.6. The molecule has 0 aliphatic rings. The van der Waals surface area contributed by atoms with Crippen molar-refractivity contribution in [1.82, 2.24) is 5.32 Å². The minimum Gasteiger partial charge on any atom is -0.468 e. The standard InChI is InChI=1S/C30H47NO8/c1-10-11-20(2)27(34)37-15-14-31-22(28(35)36-9)16-21-12-13-23(38-25(32)18-29(3,4)5)24(17-21)39-26(33)19-30(6,7)8/h12-13,17,20,22,31H,10-11,14-16,18-19H2,1-9H3/t20?,22-/m0/s1. The fourth-order valence-electron chi connectivity index (χ4n) is 3.72. The van der Waals surface area contributed by atoms with E-state index >= 15 is 0 Å². The lowest BCUT2D eigenvalue weighted by Crippen LogP contribution is -2.41. The minimum atomic E-state index is -0.741. The topological polar surface area (TPSA) is 117 Å². The molecule has 0 heterocycles. The molecule has 0 aromatic heterocycles. The van der Waals surface area contributed by atoms with Gasteiger partial charge in [-0.2, -0.15) is 0 Å². The number of benzene rings is 1. The van der Waals surface area contributed by atoms with E-state index in [9.17, 15) is 19.2 Å². The van der Waals surface area contributed by atoms with Gasteiger partial charge in [0, 0.05) is 6.54 Å². The van der Waals surface area contributed by atoms with Gasteiger partial charge in [0.05, 0.1) is 25.9 Å². The van der Waals surface area contributed by atoms with Crippen LogP contribution < -0.4 is 14.8 Å². The van der Waals surface area contributed by atoms with Gasteiger partial charge in [-0.25, -0.2) is 0 Å². The number of carbonyl (C=O) groups is 4. The largest absolute Gasteiger partial charge is 0.468 e. The molecule has 0 amide bonds.